The number of allylic oxidation sites excluding steroid dienone is 2. The fourth-order valence-electron chi connectivity index (χ4n) is 5.30. The number of benzene rings is 6. The van der Waals surface area contributed by atoms with Crippen LogP contribution in [0.3, 0.4) is 0 Å². The predicted octanol–water partition coefficient (Wildman–Crippen LogP) is 9.92. The number of aliphatic imine (C=N–C) groups is 1. The molecule has 0 bridgehead atoms. The van der Waals surface area contributed by atoms with Gasteiger partial charge in [0.05, 0.1) is 5.69 Å². The molecule has 0 atom stereocenters. The minimum Gasteiger partial charge on any atom is -0.383 e. The van der Waals surface area contributed by atoms with Gasteiger partial charge in [0.2, 0.25) is 0 Å². The molecule has 0 spiro atoms. The topological polar surface area (TPSA) is 38.4 Å². The highest BCUT2D eigenvalue weighted by molar-refractivity contribution is 6.22. The lowest BCUT2D eigenvalue weighted by Crippen LogP contribution is -2.12. The molecule has 2 heteroatoms. The van der Waals surface area contributed by atoms with Gasteiger partial charge in [-0.3, -0.25) is 0 Å². The first-order valence-corrected chi connectivity index (χ1v) is 14.4. The van der Waals surface area contributed by atoms with Gasteiger partial charge in [0.15, 0.2) is 0 Å². The van der Waals surface area contributed by atoms with Crippen molar-refractivity contribution in [1.29, 1.82) is 0 Å². The second kappa shape index (κ2) is 13.3. The van der Waals surface area contributed by atoms with Crippen LogP contribution in [-0.2, 0) is 0 Å². The molecule has 0 aliphatic carbocycles. The van der Waals surface area contributed by atoms with Crippen LogP contribution in [-0.4, -0.2) is 5.84 Å². The fraction of sp³-hybridized carbons (Fsp3) is 0. The van der Waals surface area contributed by atoms with Crippen LogP contribution in [0.4, 0.5) is 5.69 Å². The van der Waals surface area contributed by atoms with E-state index in [0.717, 1.165) is 55.8 Å². The van der Waals surface area contributed by atoms with Gasteiger partial charge in [-0.05, 0) is 51.1 Å². The van der Waals surface area contributed by atoms with Crippen LogP contribution in [0.15, 0.2) is 181 Å². The molecular weight excluding hydrogens is 520 g/mol. The Balaban J connectivity index is 1.72. The van der Waals surface area contributed by atoms with Crippen molar-refractivity contribution in [2.75, 3.05) is 0 Å². The summed E-state index contributed by atoms with van der Waals surface area (Å²) in [7, 11) is 0. The van der Waals surface area contributed by atoms with Crippen molar-refractivity contribution in [3.8, 4) is 0 Å². The lowest BCUT2D eigenvalue weighted by molar-refractivity contribution is 1.42. The molecule has 0 amide bonds. The molecule has 0 saturated carbocycles. The second-order valence-corrected chi connectivity index (χ2v) is 10.2. The Morgan fingerprint density at radius 3 is 1.47 bits per heavy atom. The summed E-state index contributed by atoms with van der Waals surface area (Å²) in [5, 5.41) is 0. The zero-order chi connectivity index (χ0) is 29.3. The minimum atomic E-state index is 0.477. The maximum atomic E-state index is 6.60. The molecule has 0 unspecified atom stereocenters. The summed E-state index contributed by atoms with van der Waals surface area (Å²) in [4.78, 5) is 5.01. The van der Waals surface area contributed by atoms with Gasteiger partial charge in [0.25, 0.3) is 0 Å². The van der Waals surface area contributed by atoms with Gasteiger partial charge in [0, 0.05) is 11.1 Å². The van der Waals surface area contributed by atoms with E-state index in [9.17, 15) is 0 Å². The van der Waals surface area contributed by atoms with Crippen LogP contribution in [0.1, 0.15) is 33.4 Å². The van der Waals surface area contributed by atoms with Crippen molar-refractivity contribution >= 4 is 34.3 Å². The number of nitrogens with zero attached hydrogens (tertiary/aromatic N) is 1. The average molecular weight is 553 g/mol. The van der Waals surface area contributed by atoms with Gasteiger partial charge in [-0.2, -0.15) is 0 Å². The lowest BCUT2D eigenvalue weighted by atomic mass is 9.82. The normalized spacial score (nSPS) is 12.5. The van der Waals surface area contributed by atoms with Crippen LogP contribution in [0.2, 0.25) is 0 Å². The molecule has 2 N–H and O–H groups in total. The quantitative estimate of drug-likeness (QED) is 0.0868. The Morgan fingerprint density at radius 2 is 0.884 bits per heavy atom. The van der Waals surface area contributed by atoms with Gasteiger partial charge >= 0.3 is 0 Å². The first-order chi connectivity index (χ1) is 21.3. The SMILES string of the molecule is NC(=Nc1ccccc1/C(=C(/C(=Cc1ccccc1)c1ccccc1)c1ccccc1)c1ccccc1)c1ccccc1. The molecule has 6 aromatic carbocycles. The third-order valence-corrected chi connectivity index (χ3v) is 7.32. The van der Waals surface area contributed by atoms with Crippen LogP contribution in [0.25, 0.3) is 22.8 Å². The fourth-order valence-corrected chi connectivity index (χ4v) is 5.30. The van der Waals surface area contributed by atoms with Gasteiger partial charge in [-0.1, -0.05) is 170 Å². The van der Waals surface area contributed by atoms with Gasteiger partial charge < -0.3 is 5.73 Å². The molecule has 206 valence electrons. The molecule has 0 aliphatic rings. The van der Waals surface area contributed by atoms with E-state index in [4.69, 9.17) is 10.7 Å². The number of nitrogens with two attached hydrogens (primary N) is 1. The third-order valence-electron chi connectivity index (χ3n) is 7.32. The molecule has 0 fully saturated rings. The molecule has 0 aromatic heterocycles. The minimum absolute atomic E-state index is 0.477. The second-order valence-electron chi connectivity index (χ2n) is 10.2. The van der Waals surface area contributed by atoms with Crippen LogP contribution >= 0.6 is 0 Å². The van der Waals surface area contributed by atoms with Crippen LogP contribution < -0.4 is 5.73 Å². The van der Waals surface area contributed by atoms with Crippen molar-refractivity contribution in [1.82, 2.24) is 0 Å². The summed E-state index contributed by atoms with van der Waals surface area (Å²) < 4.78 is 0. The molecule has 0 heterocycles. The molecule has 43 heavy (non-hydrogen) atoms. The van der Waals surface area contributed by atoms with E-state index in [1.807, 2.05) is 48.5 Å². The van der Waals surface area contributed by atoms with E-state index < -0.39 is 0 Å². The Kier molecular flexibility index (Phi) is 8.48. The molecular formula is C41H32N2. The van der Waals surface area contributed by atoms with Crippen molar-refractivity contribution < 1.29 is 0 Å². The number of amidine groups is 1. The van der Waals surface area contributed by atoms with E-state index in [1.165, 1.54) is 0 Å². The van der Waals surface area contributed by atoms with Crippen molar-refractivity contribution in [2.24, 2.45) is 10.7 Å². The summed E-state index contributed by atoms with van der Waals surface area (Å²) in [6.45, 7) is 0. The molecule has 6 rings (SSSR count). The van der Waals surface area contributed by atoms with Gasteiger partial charge in [-0.25, -0.2) is 4.99 Å². The smallest absolute Gasteiger partial charge is 0.131 e. The van der Waals surface area contributed by atoms with E-state index >= 15 is 0 Å². The van der Waals surface area contributed by atoms with Crippen molar-refractivity contribution in [3.05, 3.63) is 209 Å². The summed E-state index contributed by atoms with van der Waals surface area (Å²) in [5.41, 5.74) is 17.1. The summed E-state index contributed by atoms with van der Waals surface area (Å²) in [6.07, 6.45) is 2.28. The van der Waals surface area contributed by atoms with Crippen LogP contribution in [0.5, 0.6) is 0 Å². The van der Waals surface area contributed by atoms with E-state index in [1.54, 1.807) is 0 Å². The number of para-hydroxylation sites is 1. The largest absolute Gasteiger partial charge is 0.383 e. The maximum Gasteiger partial charge on any atom is 0.131 e. The zero-order valence-corrected chi connectivity index (χ0v) is 23.8. The standard InChI is InChI=1S/C41H32N2/c42-41(35-26-14-5-15-27-35)43-38-29-17-16-28-36(38)39(33-22-10-3-11-23-33)40(34-24-12-4-13-25-34)37(32-20-8-2-9-21-32)30-31-18-6-1-7-19-31/h1-30H,(H2,42,43)/b37-30?,40-39+. The van der Waals surface area contributed by atoms with E-state index in [2.05, 4.69) is 133 Å². The van der Waals surface area contributed by atoms with Crippen molar-refractivity contribution in [2.45, 2.75) is 0 Å². The van der Waals surface area contributed by atoms with Gasteiger partial charge in [0.1, 0.15) is 5.84 Å². The first-order valence-electron chi connectivity index (χ1n) is 14.4. The van der Waals surface area contributed by atoms with Gasteiger partial charge in [-0.15, -0.1) is 0 Å². The molecule has 2 nitrogen and oxygen atoms in total. The monoisotopic (exact) mass is 552 g/mol. The Labute approximate surface area is 253 Å². The third kappa shape index (κ3) is 6.45. The van der Waals surface area contributed by atoms with Crippen molar-refractivity contribution in [3.63, 3.8) is 0 Å². The predicted molar refractivity (Wildman–Crippen MR) is 183 cm³/mol. The lowest BCUT2D eigenvalue weighted by Gasteiger charge is -2.22. The summed E-state index contributed by atoms with van der Waals surface area (Å²) in [5.74, 6) is 0.477. The van der Waals surface area contributed by atoms with Crippen LogP contribution in [0, 0.1) is 0 Å². The number of hydrogen-bond donors (Lipinski definition) is 1. The Hall–Kier alpha value is -5.73. The molecule has 0 saturated heterocycles. The number of rotatable bonds is 8. The highest BCUT2D eigenvalue weighted by Gasteiger charge is 2.21. The summed E-state index contributed by atoms with van der Waals surface area (Å²) >= 11 is 0. The highest BCUT2D eigenvalue weighted by atomic mass is 14.9. The number of hydrogen-bond acceptors (Lipinski definition) is 1. The molecule has 0 radical (unpaired) electrons. The highest BCUT2D eigenvalue weighted by Crippen LogP contribution is 2.44. The molecule has 0 aliphatic heterocycles. The zero-order valence-electron chi connectivity index (χ0n) is 23.8. The maximum absolute atomic E-state index is 6.60. The van der Waals surface area contributed by atoms with E-state index in [0.29, 0.717) is 5.84 Å². The average Bonchev–Trinajstić information content (AvgIpc) is 3.09. The summed E-state index contributed by atoms with van der Waals surface area (Å²) in [6, 6.07) is 60.5. The van der Waals surface area contributed by atoms with E-state index in [-0.39, 0.29) is 0 Å². The first kappa shape index (κ1) is 27.4. The Morgan fingerprint density at radius 1 is 0.442 bits per heavy atom. The molecule has 6 aromatic rings. The Bertz CT molecular complexity index is 1870.